The zero-order chi connectivity index (χ0) is 19.8. The second-order valence-electron chi connectivity index (χ2n) is 7.25. The fraction of sp³-hybridized carbons (Fsp3) is 0.286. The molecule has 8 heteroatoms. The molecule has 3 aromatic rings. The topological polar surface area (TPSA) is 96.6 Å². The molecule has 2 aromatic carbocycles. The second-order valence-corrected chi connectivity index (χ2v) is 7.25. The van der Waals surface area contributed by atoms with E-state index in [0.717, 1.165) is 30.0 Å². The summed E-state index contributed by atoms with van der Waals surface area (Å²) < 4.78 is 10.8. The highest BCUT2D eigenvalue weighted by molar-refractivity contribution is 6.04. The van der Waals surface area contributed by atoms with E-state index in [4.69, 9.17) is 9.47 Å². The van der Waals surface area contributed by atoms with Crippen molar-refractivity contribution in [1.82, 2.24) is 15.1 Å². The minimum absolute atomic E-state index is 0.113. The van der Waals surface area contributed by atoms with E-state index in [2.05, 4.69) is 15.5 Å². The van der Waals surface area contributed by atoms with Crippen molar-refractivity contribution in [3.05, 3.63) is 58.5 Å². The van der Waals surface area contributed by atoms with E-state index in [-0.39, 0.29) is 30.0 Å². The molecule has 5 rings (SSSR count). The van der Waals surface area contributed by atoms with Gasteiger partial charge in [-0.3, -0.25) is 9.59 Å². The van der Waals surface area contributed by atoms with Crippen molar-refractivity contribution < 1.29 is 14.3 Å². The van der Waals surface area contributed by atoms with Crippen molar-refractivity contribution in [3.63, 3.8) is 0 Å². The highest BCUT2D eigenvalue weighted by Gasteiger charge is 2.27. The van der Waals surface area contributed by atoms with Crippen molar-refractivity contribution in [2.75, 3.05) is 25.2 Å². The summed E-state index contributed by atoms with van der Waals surface area (Å²) in [4.78, 5) is 26.9. The number of carbonyl (C=O) groups is 1. The quantitative estimate of drug-likeness (QED) is 0.710. The summed E-state index contributed by atoms with van der Waals surface area (Å²) in [7, 11) is 0. The van der Waals surface area contributed by atoms with Gasteiger partial charge >= 0.3 is 0 Å². The van der Waals surface area contributed by atoms with E-state index in [1.807, 2.05) is 18.2 Å². The van der Waals surface area contributed by atoms with Crippen molar-refractivity contribution >= 4 is 22.4 Å². The van der Waals surface area contributed by atoms with Crippen molar-refractivity contribution in [2.24, 2.45) is 0 Å². The zero-order valence-corrected chi connectivity index (χ0v) is 15.7. The Labute approximate surface area is 166 Å². The van der Waals surface area contributed by atoms with Gasteiger partial charge in [0.15, 0.2) is 17.2 Å². The molecule has 148 valence electrons. The number of nitrogens with zero attached hydrogens (tertiary/aromatic N) is 2. The predicted octanol–water partition coefficient (Wildman–Crippen LogP) is 2.37. The van der Waals surface area contributed by atoms with Gasteiger partial charge in [-0.25, -0.2) is 5.10 Å². The highest BCUT2D eigenvalue weighted by Crippen LogP contribution is 2.34. The summed E-state index contributed by atoms with van der Waals surface area (Å²) in [5.41, 5.74) is 0.920. The van der Waals surface area contributed by atoms with E-state index >= 15 is 0 Å². The van der Waals surface area contributed by atoms with Crippen LogP contribution >= 0.6 is 0 Å². The molecule has 3 heterocycles. The van der Waals surface area contributed by atoms with Crippen LogP contribution in [0.5, 0.6) is 11.5 Å². The molecule has 1 atom stereocenters. The summed E-state index contributed by atoms with van der Waals surface area (Å²) in [6.07, 6.45) is 1.84. The number of amides is 1. The third-order valence-corrected chi connectivity index (χ3v) is 5.35. The Balaban J connectivity index is 1.35. The Morgan fingerprint density at radius 2 is 1.97 bits per heavy atom. The van der Waals surface area contributed by atoms with E-state index in [1.165, 1.54) is 0 Å². The monoisotopic (exact) mass is 392 g/mol. The molecule has 0 bridgehead atoms. The molecule has 29 heavy (non-hydrogen) atoms. The molecule has 1 aromatic heterocycles. The van der Waals surface area contributed by atoms with Crippen LogP contribution in [0.2, 0.25) is 0 Å². The molecule has 2 aliphatic heterocycles. The first-order valence-electron chi connectivity index (χ1n) is 9.62. The molecule has 0 radical (unpaired) electrons. The fourth-order valence-electron chi connectivity index (χ4n) is 3.93. The smallest absolute Gasteiger partial charge is 0.275 e. The Morgan fingerprint density at radius 1 is 1.14 bits per heavy atom. The van der Waals surface area contributed by atoms with Gasteiger partial charge in [-0.2, -0.15) is 5.10 Å². The Kier molecular flexibility index (Phi) is 4.31. The first kappa shape index (κ1) is 17.5. The van der Waals surface area contributed by atoms with Gasteiger partial charge in [-0.05, 0) is 31.0 Å². The third kappa shape index (κ3) is 3.26. The number of ether oxygens (including phenoxy) is 2. The number of hydrogen-bond acceptors (Lipinski definition) is 6. The largest absolute Gasteiger partial charge is 0.454 e. The number of carbonyl (C=O) groups excluding carboxylic acids is 1. The number of aromatic amines is 1. The molecular formula is C21H20N4O4. The number of aromatic nitrogens is 2. The van der Waals surface area contributed by atoms with Crippen LogP contribution in [0.4, 0.5) is 5.69 Å². The van der Waals surface area contributed by atoms with Gasteiger partial charge in [0.2, 0.25) is 6.79 Å². The molecule has 0 spiro atoms. The first-order valence-corrected chi connectivity index (χ1v) is 9.62. The lowest BCUT2D eigenvalue weighted by Gasteiger charge is -2.33. The Morgan fingerprint density at radius 3 is 2.86 bits per heavy atom. The number of benzene rings is 2. The lowest BCUT2D eigenvalue weighted by atomic mass is 10.0. The van der Waals surface area contributed by atoms with E-state index in [9.17, 15) is 9.59 Å². The van der Waals surface area contributed by atoms with Crippen LogP contribution in [0.15, 0.2) is 47.3 Å². The van der Waals surface area contributed by atoms with Crippen LogP contribution in [-0.4, -0.2) is 46.9 Å². The van der Waals surface area contributed by atoms with Gasteiger partial charge in [0.25, 0.3) is 11.5 Å². The average molecular weight is 392 g/mol. The van der Waals surface area contributed by atoms with Crippen LogP contribution in [0.1, 0.15) is 23.3 Å². The van der Waals surface area contributed by atoms with Gasteiger partial charge in [-0.1, -0.05) is 18.2 Å². The molecule has 2 N–H and O–H groups in total. The minimum Gasteiger partial charge on any atom is -0.454 e. The second kappa shape index (κ2) is 7.12. The number of likely N-dealkylation sites (tertiary alicyclic amines) is 1. The molecule has 2 aliphatic rings. The summed E-state index contributed by atoms with van der Waals surface area (Å²) in [5.74, 6) is 1.30. The third-order valence-electron chi connectivity index (χ3n) is 5.35. The lowest BCUT2D eigenvalue weighted by molar-refractivity contribution is 0.0710. The summed E-state index contributed by atoms with van der Waals surface area (Å²) in [5, 5.41) is 11.0. The number of anilines is 1. The molecule has 0 unspecified atom stereocenters. The number of hydrogen-bond donors (Lipinski definition) is 2. The molecular weight excluding hydrogens is 372 g/mol. The molecule has 8 nitrogen and oxygen atoms in total. The van der Waals surface area contributed by atoms with Crippen LogP contribution in [-0.2, 0) is 0 Å². The molecule has 0 saturated carbocycles. The van der Waals surface area contributed by atoms with E-state index < -0.39 is 0 Å². The van der Waals surface area contributed by atoms with E-state index in [1.54, 1.807) is 29.2 Å². The van der Waals surface area contributed by atoms with Gasteiger partial charge in [0, 0.05) is 36.3 Å². The fourth-order valence-corrected chi connectivity index (χ4v) is 3.93. The number of H-pyrrole nitrogens is 1. The van der Waals surface area contributed by atoms with Crippen LogP contribution in [0.25, 0.3) is 10.8 Å². The maximum atomic E-state index is 13.2. The van der Waals surface area contributed by atoms with Gasteiger partial charge in [-0.15, -0.1) is 0 Å². The Hall–Kier alpha value is -3.55. The highest BCUT2D eigenvalue weighted by atomic mass is 16.7. The zero-order valence-electron chi connectivity index (χ0n) is 15.7. The van der Waals surface area contributed by atoms with Crippen molar-refractivity contribution in [3.8, 4) is 11.5 Å². The number of piperidine rings is 1. The first-order chi connectivity index (χ1) is 14.2. The number of fused-ring (bicyclic) bond motifs is 2. The normalized spacial score (nSPS) is 18.1. The maximum absolute atomic E-state index is 13.2. The molecule has 1 amide bonds. The lowest BCUT2D eigenvalue weighted by Crippen LogP contribution is -2.45. The van der Waals surface area contributed by atoms with E-state index in [0.29, 0.717) is 23.9 Å². The van der Waals surface area contributed by atoms with Crippen LogP contribution in [0, 0.1) is 0 Å². The molecule has 1 saturated heterocycles. The van der Waals surface area contributed by atoms with Crippen molar-refractivity contribution in [1.29, 1.82) is 0 Å². The summed E-state index contributed by atoms with van der Waals surface area (Å²) in [6.45, 7) is 1.46. The SMILES string of the molecule is O=C(c1n[nH]c(=O)c2ccccc12)N1CCC[C@H](Nc2ccc3c(c2)OCO3)C1. The maximum Gasteiger partial charge on any atom is 0.275 e. The predicted molar refractivity (Wildman–Crippen MR) is 107 cm³/mol. The van der Waals surface area contributed by atoms with Crippen LogP contribution in [0.3, 0.4) is 0 Å². The van der Waals surface area contributed by atoms with Crippen LogP contribution < -0.4 is 20.3 Å². The number of nitrogens with one attached hydrogen (secondary N) is 2. The summed E-state index contributed by atoms with van der Waals surface area (Å²) >= 11 is 0. The van der Waals surface area contributed by atoms with Crippen molar-refractivity contribution in [2.45, 2.75) is 18.9 Å². The van der Waals surface area contributed by atoms with Gasteiger partial charge in [0.05, 0.1) is 5.39 Å². The summed E-state index contributed by atoms with van der Waals surface area (Å²) in [6, 6.07) is 12.9. The van der Waals surface area contributed by atoms with Gasteiger partial charge in [0.1, 0.15) is 0 Å². The average Bonchev–Trinajstić information content (AvgIpc) is 3.22. The standard InChI is InChI=1S/C21H20N4O4/c26-20-16-6-2-1-5-15(16)19(23-24-20)21(27)25-9-3-4-14(11-25)22-13-7-8-17-18(10-13)29-12-28-17/h1-2,5-8,10,14,22H,3-4,9,11-12H2,(H,24,26)/t14-/m0/s1. The minimum atomic E-state index is -0.293. The van der Waals surface area contributed by atoms with Gasteiger partial charge < -0.3 is 19.7 Å². The Bertz CT molecular complexity index is 1140. The molecule has 0 aliphatic carbocycles. The number of rotatable bonds is 3. The molecule has 1 fully saturated rings.